The minimum Gasteiger partial charge on any atom is -0.438 e. The van der Waals surface area contributed by atoms with Crippen molar-refractivity contribution in [3.8, 4) is 22.3 Å². The smallest absolute Gasteiger partial charge is 0.227 e. The Morgan fingerprint density at radius 3 is 1.88 bits per heavy atom. The third kappa shape index (κ3) is 4.20. The summed E-state index contributed by atoms with van der Waals surface area (Å²) in [5, 5.41) is 4.63. The number of fused-ring (bicyclic) bond motifs is 4. The number of nitrogens with zero attached hydrogens (tertiary/aromatic N) is 2. The topological polar surface area (TPSA) is 29.3 Å². The third-order valence-corrected chi connectivity index (χ3v) is 7.94. The summed E-state index contributed by atoms with van der Waals surface area (Å²) >= 11 is 0. The van der Waals surface area contributed by atoms with Gasteiger partial charge in [0.1, 0.15) is 5.58 Å². The Hall–Kier alpha value is -5.67. The lowest BCUT2D eigenvalue weighted by atomic mass is 10.00. The number of benzene rings is 6. The zero-order valence-electron chi connectivity index (χ0n) is 22.8. The molecular weight excluding hydrogens is 512 g/mol. The molecule has 2 aromatic heterocycles. The molecule has 0 aliphatic rings. The van der Waals surface area contributed by atoms with Gasteiger partial charge in [-0.05, 0) is 87.6 Å². The van der Waals surface area contributed by atoms with Crippen molar-refractivity contribution < 1.29 is 4.42 Å². The lowest BCUT2D eigenvalue weighted by Crippen LogP contribution is -2.09. The molecule has 42 heavy (non-hydrogen) atoms. The first-order valence-corrected chi connectivity index (χ1v) is 14.1. The van der Waals surface area contributed by atoms with Crippen LogP contribution >= 0.6 is 0 Å². The summed E-state index contributed by atoms with van der Waals surface area (Å²) in [4.78, 5) is 6.79. The second-order valence-electron chi connectivity index (χ2n) is 10.5. The number of pyridine rings is 1. The lowest BCUT2D eigenvalue weighted by molar-refractivity contribution is 0.654. The van der Waals surface area contributed by atoms with Gasteiger partial charge < -0.3 is 9.32 Å². The Labute approximate surface area is 243 Å². The molecule has 0 fully saturated rings. The number of hydrogen-bond acceptors (Lipinski definition) is 3. The molecule has 0 saturated heterocycles. The average Bonchev–Trinajstić information content (AvgIpc) is 3.45. The van der Waals surface area contributed by atoms with E-state index in [1.54, 1.807) is 0 Å². The van der Waals surface area contributed by atoms with Crippen LogP contribution in [0.2, 0.25) is 0 Å². The molecule has 0 saturated carbocycles. The number of furan rings is 1. The molecule has 8 aromatic rings. The number of hydrogen-bond donors (Lipinski definition) is 0. The van der Waals surface area contributed by atoms with Crippen molar-refractivity contribution in [2.45, 2.75) is 0 Å². The van der Waals surface area contributed by atoms with Crippen molar-refractivity contribution in [3.63, 3.8) is 0 Å². The van der Waals surface area contributed by atoms with Crippen molar-refractivity contribution in [1.29, 1.82) is 0 Å². The number of anilines is 3. The van der Waals surface area contributed by atoms with Crippen molar-refractivity contribution in [2.24, 2.45) is 0 Å². The molecule has 198 valence electrons. The Morgan fingerprint density at radius 1 is 0.476 bits per heavy atom. The van der Waals surface area contributed by atoms with Crippen LogP contribution in [0.15, 0.2) is 162 Å². The van der Waals surface area contributed by atoms with Gasteiger partial charge >= 0.3 is 0 Å². The van der Waals surface area contributed by atoms with Gasteiger partial charge in [0.15, 0.2) is 0 Å². The SMILES string of the molecule is c1ccc(N(c2ccc(-c3ccc4ccccc4c3)cc2)c2ccc(-c3ccnc4oc5ccccc5c34)cc2)cc1. The van der Waals surface area contributed by atoms with E-state index >= 15 is 0 Å². The lowest BCUT2D eigenvalue weighted by Gasteiger charge is -2.26. The molecule has 0 aliphatic heterocycles. The molecule has 0 aliphatic carbocycles. The minimum atomic E-state index is 0.662. The maximum atomic E-state index is 6.04. The molecule has 2 heterocycles. The average molecular weight is 539 g/mol. The summed E-state index contributed by atoms with van der Waals surface area (Å²) in [5.74, 6) is 0. The van der Waals surface area contributed by atoms with Crippen molar-refractivity contribution >= 4 is 49.9 Å². The van der Waals surface area contributed by atoms with Crippen molar-refractivity contribution in [2.75, 3.05) is 4.90 Å². The van der Waals surface area contributed by atoms with Gasteiger partial charge in [0, 0.05) is 28.6 Å². The van der Waals surface area contributed by atoms with Gasteiger partial charge in [-0.3, -0.25) is 0 Å². The maximum absolute atomic E-state index is 6.04. The summed E-state index contributed by atoms with van der Waals surface area (Å²) in [5.41, 5.74) is 9.46. The van der Waals surface area contributed by atoms with Crippen LogP contribution in [0, 0.1) is 0 Å². The van der Waals surface area contributed by atoms with E-state index in [2.05, 4.69) is 143 Å². The fourth-order valence-corrected chi connectivity index (χ4v) is 5.87. The molecule has 0 unspecified atom stereocenters. The van der Waals surface area contributed by atoms with E-state index in [1.807, 2.05) is 24.4 Å². The molecule has 3 heteroatoms. The number of aromatic nitrogens is 1. The fraction of sp³-hybridized carbons (Fsp3) is 0. The monoisotopic (exact) mass is 538 g/mol. The van der Waals surface area contributed by atoms with E-state index in [0.717, 1.165) is 44.5 Å². The maximum Gasteiger partial charge on any atom is 0.227 e. The van der Waals surface area contributed by atoms with Crippen LogP contribution in [0.5, 0.6) is 0 Å². The highest BCUT2D eigenvalue weighted by Crippen LogP contribution is 2.39. The summed E-state index contributed by atoms with van der Waals surface area (Å²) < 4.78 is 6.04. The quantitative estimate of drug-likeness (QED) is 0.218. The molecule has 6 aromatic carbocycles. The first kappa shape index (κ1) is 24.2. The van der Waals surface area contributed by atoms with E-state index < -0.39 is 0 Å². The van der Waals surface area contributed by atoms with Crippen molar-refractivity contribution in [1.82, 2.24) is 4.98 Å². The van der Waals surface area contributed by atoms with Gasteiger partial charge in [-0.15, -0.1) is 0 Å². The molecule has 3 nitrogen and oxygen atoms in total. The second-order valence-corrected chi connectivity index (χ2v) is 10.5. The van der Waals surface area contributed by atoms with Crippen molar-refractivity contribution in [3.05, 3.63) is 158 Å². The van der Waals surface area contributed by atoms with Crippen LogP contribution in [0.1, 0.15) is 0 Å². The largest absolute Gasteiger partial charge is 0.438 e. The van der Waals surface area contributed by atoms with Gasteiger partial charge in [0.25, 0.3) is 0 Å². The van der Waals surface area contributed by atoms with Gasteiger partial charge in [0.2, 0.25) is 5.71 Å². The first-order valence-electron chi connectivity index (χ1n) is 14.1. The van der Waals surface area contributed by atoms with E-state index in [0.29, 0.717) is 5.71 Å². The predicted molar refractivity (Wildman–Crippen MR) is 175 cm³/mol. The van der Waals surface area contributed by atoms with E-state index in [9.17, 15) is 0 Å². The van der Waals surface area contributed by atoms with Gasteiger partial charge in [0.05, 0.1) is 5.39 Å². The molecule has 0 radical (unpaired) electrons. The zero-order valence-corrected chi connectivity index (χ0v) is 22.8. The summed E-state index contributed by atoms with van der Waals surface area (Å²) in [7, 11) is 0. The highest BCUT2D eigenvalue weighted by atomic mass is 16.3. The number of para-hydroxylation sites is 2. The summed E-state index contributed by atoms with van der Waals surface area (Å²) in [6.07, 6.45) is 1.82. The highest BCUT2D eigenvalue weighted by molar-refractivity contribution is 6.11. The molecule has 0 N–H and O–H groups in total. The minimum absolute atomic E-state index is 0.662. The van der Waals surface area contributed by atoms with Crippen LogP contribution in [0.25, 0.3) is 55.1 Å². The van der Waals surface area contributed by atoms with E-state index in [-0.39, 0.29) is 0 Å². The Balaban J connectivity index is 1.18. The summed E-state index contributed by atoms with van der Waals surface area (Å²) in [6.45, 7) is 0. The molecular formula is C39H26N2O. The normalized spacial score (nSPS) is 11.3. The fourth-order valence-electron chi connectivity index (χ4n) is 5.87. The van der Waals surface area contributed by atoms with E-state index in [4.69, 9.17) is 4.42 Å². The Morgan fingerprint density at radius 2 is 1.10 bits per heavy atom. The van der Waals surface area contributed by atoms with E-state index in [1.165, 1.54) is 21.9 Å². The van der Waals surface area contributed by atoms with Crippen LogP contribution < -0.4 is 4.90 Å². The van der Waals surface area contributed by atoms with Crippen LogP contribution in [0.3, 0.4) is 0 Å². The van der Waals surface area contributed by atoms with Crippen LogP contribution in [-0.2, 0) is 0 Å². The molecule has 0 bridgehead atoms. The Bertz CT molecular complexity index is 2180. The molecule has 0 atom stereocenters. The highest BCUT2D eigenvalue weighted by Gasteiger charge is 2.16. The van der Waals surface area contributed by atoms with Crippen LogP contribution in [-0.4, -0.2) is 4.98 Å². The molecule has 0 amide bonds. The third-order valence-electron chi connectivity index (χ3n) is 7.94. The zero-order chi connectivity index (χ0) is 27.9. The number of rotatable bonds is 5. The second kappa shape index (κ2) is 10.1. The van der Waals surface area contributed by atoms with Gasteiger partial charge in [-0.2, -0.15) is 0 Å². The standard InChI is InChI=1S/C39H26N2O/c1-2-10-32(11-3-1)41(33-20-16-28(17-21-33)31-15-14-27-8-4-5-9-30(27)26-31)34-22-18-29(19-23-34)35-24-25-40-39-38(35)36-12-6-7-13-37(36)42-39/h1-26H. The molecule has 8 rings (SSSR count). The molecule has 0 spiro atoms. The van der Waals surface area contributed by atoms with Gasteiger partial charge in [-0.1, -0.05) is 97.1 Å². The Kier molecular flexibility index (Phi) is 5.79. The van der Waals surface area contributed by atoms with Crippen LogP contribution in [0.4, 0.5) is 17.1 Å². The summed E-state index contributed by atoms with van der Waals surface area (Å²) in [6, 6.07) is 53.4. The first-order chi connectivity index (χ1) is 20.8. The predicted octanol–water partition coefficient (Wildman–Crippen LogP) is 10.9. The van der Waals surface area contributed by atoms with Gasteiger partial charge in [-0.25, -0.2) is 4.98 Å².